The van der Waals surface area contributed by atoms with E-state index in [-0.39, 0.29) is 0 Å². The second-order valence-electron chi connectivity index (χ2n) is 5.92. The topological polar surface area (TPSA) is 3.24 Å². The van der Waals surface area contributed by atoms with Gasteiger partial charge in [-0.1, -0.05) is 6.07 Å². The number of anilines is 2. The highest BCUT2D eigenvalue weighted by molar-refractivity contribution is 5.69. The fourth-order valence-corrected chi connectivity index (χ4v) is 2.65. The van der Waals surface area contributed by atoms with Crippen molar-refractivity contribution >= 4 is 11.4 Å². The van der Waals surface area contributed by atoms with Crippen LogP contribution in [0.5, 0.6) is 0 Å². The fourth-order valence-electron chi connectivity index (χ4n) is 2.65. The molecule has 106 valence electrons. The molecule has 0 N–H and O–H groups in total. The summed E-state index contributed by atoms with van der Waals surface area (Å²) in [6.45, 7) is 13.2. The first-order valence-electron chi connectivity index (χ1n) is 7.21. The minimum atomic E-state index is 1.26. The van der Waals surface area contributed by atoms with Gasteiger partial charge >= 0.3 is 0 Å². The normalized spacial score (nSPS) is 10.8. The monoisotopic (exact) mass is 267 g/mol. The van der Waals surface area contributed by atoms with Crippen molar-refractivity contribution in [1.29, 1.82) is 0 Å². The molecule has 0 atom stereocenters. The quantitative estimate of drug-likeness (QED) is 0.713. The summed E-state index contributed by atoms with van der Waals surface area (Å²) in [5.41, 5.74) is 10.8. The SMILES string of the molecule is Cc1cc(N(C)c2ccc(C)c(C)c2C)cc(C)c1C. The van der Waals surface area contributed by atoms with Gasteiger partial charge in [0.1, 0.15) is 0 Å². The molecule has 0 unspecified atom stereocenters. The zero-order chi connectivity index (χ0) is 15.0. The van der Waals surface area contributed by atoms with E-state index in [2.05, 4.69) is 77.8 Å². The number of hydrogen-bond donors (Lipinski definition) is 0. The molecular formula is C19H25N. The van der Waals surface area contributed by atoms with E-state index in [0.717, 1.165) is 0 Å². The van der Waals surface area contributed by atoms with E-state index in [0.29, 0.717) is 0 Å². The summed E-state index contributed by atoms with van der Waals surface area (Å²) >= 11 is 0. The van der Waals surface area contributed by atoms with Gasteiger partial charge in [-0.25, -0.2) is 0 Å². The van der Waals surface area contributed by atoms with Crippen molar-refractivity contribution in [2.45, 2.75) is 41.5 Å². The lowest BCUT2D eigenvalue weighted by atomic mass is 10.00. The fraction of sp³-hybridized carbons (Fsp3) is 0.368. The minimum absolute atomic E-state index is 1.26. The average molecular weight is 267 g/mol. The molecule has 0 amide bonds. The van der Waals surface area contributed by atoms with Gasteiger partial charge in [0.15, 0.2) is 0 Å². The number of rotatable bonds is 2. The molecule has 0 aromatic heterocycles. The molecule has 0 fully saturated rings. The molecule has 0 aliphatic carbocycles. The van der Waals surface area contributed by atoms with E-state index in [1.807, 2.05) is 0 Å². The third-order valence-corrected chi connectivity index (χ3v) is 4.69. The lowest BCUT2D eigenvalue weighted by molar-refractivity contribution is 1.14. The first kappa shape index (κ1) is 14.6. The second kappa shape index (κ2) is 5.32. The molecule has 2 aromatic rings. The summed E-state index contributed by atoms with van der Waals surface area (Å²) < 4.78 is 0. The van der Waals surface area contributed by atoms with Crippen molar-refractivity contribution in [1.82, 2.24) is 0 Å². The van der Waals surface area contributed by atoms with Gasteiger partial charge in [0.25, 0.3) is 0 Å². The van der Waals surface area contributed by atoms with E-state index in [9.17, 15) is 0 Å². The van der Waals surface area contributed by atoms with Crippen LogP contribution in [0.2, 0.25) is 0 Å². The molecule has 2 aromatic carbocycles. The van der Waals surface area contributed by atoms with Gasteiger partial charge < -0.3 is 4.90 Å². The predicted octanol–water partition coefficient (Wildman–Crippen LogP) is 5.31. The molecule has 0 spiro atoms. The standard InChI is InChI=1S/C19H25N/c1-12-8-9-19(17(6)16(12)5)20(7)18-10-13(2)15(4)14(3)11-18/h8-11H,1-7H3. The zero-order valence-corrected chi connectivity index (χ0v) is 13.8. The third-order valence-electron chi connectivity index (χ3n) is 4.69. The van der Waals surface area contributed by atoms with Crippen LogP contribution in [-0.4, -0.2) is 7.05 Å². The Hall–Kier alpha value is -1.76. The van der Waals surface area contributed by atoms with E-state index in [4.69, 9.17) is 0 Å². The Morgan fingerprint density at radius 3 is 1.75 bits per heavy atom. The van der Waals surface area contributed by atoms with Gasteiger partial charge in [0, 0.05) is 18.4 Å². The summed E-state index contributed by atoms with van der Waals surface area (Å²) in [4.78, 5) is 2.29. The highest BCUT2D eigenvalue weighted by Crippen LogP contribution is 2.31. The van der Waals surface area contributed by atoms with Crippen LogP contribution in [0.15, 0.2) is 24.3 Å². The van der Waals surface area contributed by atoms with E-state index < -0.39 is 0 Å². The van der Waals surface area contributed by atoms with Crippen molar-refractivity contribution in [2.24, 2.45) is 0 Å². The molecule has 0 saturated heterocycles. The summed E-state index contributed by atoms with van der Waals surface area (Å²) in [5.74, 6) is 0. The molecule has 20 heavy (non-hydrogen) atoms. The Labute approximate surface area is 123 Å². The molecule has 1 nitrogen and oxygen atoms in total. The zero-order valence-electron chi connectivity index (χ0n) is 13.8. The maximum absolute atomic E-state index is 2.29. The molecule has 0 aliphatic rings. The Kier molecular flexibility index (Phi) is 3.89. The van der Waals surface area contributed by atoms with Gasteiger partial charge in [-0.3, -0.25) is 0 Å². The van der Waals surface area contributed by atoms with Crippen LogP contribution in [0, 0.1) is 41.5 Å². The summed E-state index contributed by atoms with van der Waals surface area (Å²) in [5, 5.41) is 0. The maximum Gasteiger partial charge on any atom is 0.0440 e. The van der Waals surface area contributed by atoms with Crippen LogP contribution >= 0.6 is 0 Å². The van der Waals surface area contributed by atoms with Crippen molar-refractivity contribution in [3.8, 4) is 0 Å². The highest BCUT2D eigenvalue weighted by Gasteiger charge is 2.11. The Balaban J connectivity index is 2.52. The molecule has 0 bridgehead atoms. The summed E-state index contributed by atoms with van der Waals surface area (Å²) in [7, 11) is 2.15. The number of hydrogen-bond acceptors (Lipinski definition) is 1. The predicted molar refractivity (Wildman–Crippen MR) is 89.4 cm³/mol. The lowest BCUT2D eigenvalue weighted by Gasteiger charge is -2.25. The van der Waals surface area contributed by atoms with Crippen molar-refractivity contribution in [3.05, 3.63) is 57.6 Å². The van der Waals surface area contributed by atoms with E-state index >= 15 is 0 Å². The van der Waals surface area contributed by atoms with Crippen LogP contribution in [0.3, 0.4) is 0 Å². The van der Waals surface area contributed by atoms with Gasteiger partial charge in [0.2, 0.25) is 0 Å². The molecule has 0 aliphatic heterocycles. The summed E-state index contributed by atoms with van der Waals surface area (Å²) in [6, 6.07) is 8.98. The average Bonchev–Trinajstić information content (AvgIpc) is 2.41. The number of aryl methyl sites for hydroxylation is 3. The Morgan fingerprint density at radius 2 is 1.20 bits per heavy atom. The van der Waals surface area contributed by atoms with Crippen LogP contribution in [0.4, 0.5) is 11.4 Å². The van der Waals surface area contributed by atoms with Crippen molar-refractivity contribution in [2.75, 3.05) is 11.9 Å². The summed E-state index contributed by atoms with van der Waals surface area (Å²) in [6.07, 6.45) is 0. The van der Waals surface area contributed by atoms with Crippen molar-refractivity contribution < 1.29 is 0 Å². The van der Waals surface area contributed by atoms with Crippen LogP contribution in [0.25, 0.3) is 0 Å². The molecule has 1 heteroatoms. The van der Waals surface area contributed by atoms with Gasteiger partial charge in [-0.15, -0.1) is 0 Å². The second-order valence-corrected chi connectivity index (χ2v) is 5.92. The first-order chi connectivity index (χ1) is 9.32. The molecular weight excluding hydrogens is 242 g/mol. The van der Waals surface area contributed by atoms with Crippen LogP contribution in [0.1, 0.15) is 33.4 Å². The highest BCUT2D eigenvalue weighted by atomic mass is 15.1. The molecule has 0 heterocycles. The Bertz CT molecular complexity index is 630. The van der Waals surface area contributed by atoms with Crippen LogP contribution < -0.4 is 4.90 Å². The van der Waals surface area contributed by atoms with Gasteiger partial charge in [0.05, 0.1) is 0 Å². The largest absolute Gasteiger partial charge is 0.344 e. The third kappa shape index (κ3) is 2.45. The number of benzene rings is 2. The maximum atomic E-state index is 2.29. The minimum Gasteiger partial charge on any atom is -0.344 e. The first-order valence-corrected chi connectivity index (χ1v) is 7.21. The van der Waals surface area contributed by atoms with Crippen LogP contribution in [-0.2, 0) is 0 Å². The van der Waals surface area contributed by atoms with E-state index in [1.54, 1.807) is 0 Å². The Morgan fingerprint density at radius 1 is 0.650 bits per heavy atom. The molecule has 0 radical (unpaired) electrons. The molecule has 2 rings (SSSR count). The molecule has 0 saturated carbocycles. The van der Waals surface area contributed by atoms with Crippen molar-refractivity contribution in [3.63, 3.8) is 0 Å². The number of nitrogens with zero attached hydrogens (tertiary/aromatic N) is 1. The smallest absolute Gasteiger partial charge is 0.0440 e. The van der Waals surface area contributed by atoms with Gasteiger partial charge in [-0.2, -0.15) is 0 Å². The van der Waals surface area contributed by atoms with E-state index in [1.165, 1.54) is 44.8 Å². The lowest BCUT2D eigenvalue weighted by Crippen LogP contribution is -2.12. The van der Waals surface area contributed by atoms with Gasteiger partial charge in [-0.05, 0) is 93.1 Å².